The molecular weight excluding hydrogens is 226 g/mol. The fraction of sp³-hybridized carbons (Fsp3) is 0.733. The molecule has 0 amide bonds. The Morgan fingerprint density at radius 2 is 2.24 bits per heavy atom. The van der Waals surface area contributed by atoms with E-state index in [1.54, 1.807) is 9.75 Å². The van der Waals surface area contributed by atoms with Crippen LogP contribution < -0.4 is 5.32 Å². The molecule has 0 aliphatic carbocycles. The number of rotatable bonds is 4. The molecule has 1 aromatic rings. The lowest BCUT2D eigenvalue weighted by Gasteiger charge is -2.32. The Hall–Kier alpha value is -0.340. The first kappa shape index (κ1) is 13.1. The van der Waals surface area contributed by atoms with Gasteiger partial charge in [-0.1, -0.05) is 20.8 Å². The highest BCUT2D eigenvalue weighted by atomic mass is 32.1. The Kier molecular flexibility index (Phi) is 4.63. The van der Waals surface area contributed by atoms with Gasteiger partial charge in [-0.2, -0.15) is 0 Å². The van der Waals surface area contributed by atoms with Crippen LogP contribution in [0.15, 0.2) is 12.1 Å². The van der Waals surface area contributed by atoms with Crippen LogP contribution in [0, 0.1) is 11.8 Å². The molecule has 2 unspecified atom stereocenters. The maximum absolute atomic E-state index is 3.57. The van der Waals surface area contributed by atoms with Crippen LogP contribution in [-0.4, -0.2) is 13.1 Å². The van der Waals surface area contributed by atoms with Crippen LogP contribution in [0.25, 0.3) is 0 Å². The smallest absolute Gasteiger partial charge is 0.00828 e. The first-order valence-electron chi connectivity index (χ1n) is 7.00. The summed E-state index contributed by atoms with van der Waals surface area (Å²) in [5.41, 5.74) is 0. The largest absolute Gasteiger partial charge is 0.316 e. The molecule has 17 heavy (non-hydrogen) atoms. The van der Waals surface area contributed by atoms with Crippen molar-refractivity contribution in [1.29, 1.82) is 0 Å². The second-order valence-corrected chi connectivity index (χ2v) is 6.85. The quantitative estimate of drug-likeness (QED) is 0.851. The Balaban J connectivity index is 2.09. The number of nitrogens with one attached hydrogen (secondary N) is 1. The van der Waals surface area contributed by atoms with E-state index in [4.69, 9.17) is 0 Å². The van der Waals surface area contributed by atoms with E-state index in [2.05, 4.69) is 38.2 Å². The average Bonchev–Trinajstić information content (AvgIpc) is 2.77. The van der Waals surface area contributed by atoms with E-state index >= 15 is 0 Å². The lowest BCUT2D eigenvalue weighted by Crippen LogP contribution is -2.35. The molecule has 0 saturated carbocycles. The van der Waals surface area contributed by atoms with Crippen LogP contribution in [-0.2, 0) is 6.42 Å². The molecule has 0 aromatic carbocycles. The molecule has 0 spiro atoms. The number of thiophene rings is 1. The highest BCUT2D eigenvalue weighted by Crippen LogP contribution is 2.37. The number of aryl methyl sites for hydroxylation is 1. The molecule has 1 saturated heterocycles. The van der Waals surface area contributed by atoms with Crippen molar-refractivity contribution in [2.75, 3.05) is 13.1 Å². The molecule has 2 heteroatoms. The van der Waals surface area contributed by atoms with Crippen molar-refractivity contribution in [3.8, 4) is 0 Å². The monoisotopic (exact) mass is 251 g/mol. The third-order valence-electron chi connectivity index (χ3n) is 3.78. The van der Waals surface area contributed by atoms with Gasteiger partial charge in [-0.15, -0.1) is 11.3 Å². The minimum atomic E-state index is 0.809. The molecule has 1 N–H and O–H groups in total. The minimum absolute atomic E-state index is 0.809. The van der Waals surface area contributed by atoms with Gasteiger partial charge in [0, 0.05) is 9.75 Å². The van der Waals surface area contributed by atoms with Crippen molar-refractivity contribution in [3.63, 3.8) is 0 Å². The van der Waals surface area contributed by atoms with Gasteiger partial charge in [0.05, 0.1) is 0 Å². The summed E-state index contributed by atoms with van der Waals surface area (Å²) >= 11 is 2.04. The van der Waals surface area contributed by atoms with Crippen LogP contribution in [0.1, 0.15) is 49.3 Å². The van der Waals surface area contributed by atoms with Crippen LogP contribution in [0.3, 0.4) is 0 Å². The van der Waals surface area contributed by atoms with Crippen LogP contribution in [0.2, 0.25) is 0 Å². The number of piperidine rings is 1. The second-order valence-electron chi connectivity index (χ2n) is 5.65. The van der Waals surface area contributed by atoms with Crippen LogP contribution >= 0.6 is 11.3 Å². The molecule has 1 fully saturated rings. The van der Waals surface area contributed by atoms with Gasteiger partial charge in [0.1, 0.15) is 0 Å². The summed E-state index contributed by atoms with van der Waals surface area (Å²) in [6, 6.07) is 4.71. The van der Waals surface area contributed by atoms with E-state index in [0.29, 0.717) is 0 Å². The summed E-state index contributed by atoms with van der Waals surface area (Å²) in [6.07, 6.45) is 3.86. The molecule has 2 atom stereocenters. The third-order valence-corrected chi connectivity index (χ3v) is 5.14. The Bertz CT molecular complexity index is 342. The van der Waals surface area contributed by atoms with E-state index in [-0.39, 0.29) is 0 Å². The standard InChI is InChI=1S/C15H25NS/c1-4-13-5-6-15(17-13)14-7-8-16-10-12(14)9-11(2)3/h5-6,11-12,14,16H,4,7-10H2,1-3H3. The topological polar surface area (TPSA) is 12.0 Å². The van der Waals surface area contributed by atoms with Gasteiger partial charge in [-0.25, -0.2) is 0 Å². The average molecular weight is 251 g/mol. The van der Waals surface area contributed by atoms with Crippen molar-refractivity contribution in [1.82, 2.24) is 5.32 Å². The van der Waals surface area contributed by atoms with Gasteiger partial charge in [0.15, 0.2) is 0 Å². The van der Waals surface area contributed by atoms with Gasteiger partial charge in [-0.05, 0) is 62.2 Å². The normalized spacial score (nSPS) is 25.4. The predicted molar refractivity (Wildman–Crippen MR) is 76.9 cm³/mol. The van der Waals surface area contributed by atoms with Gasteiger partial charge in [0.25, 0.3) is 0 Å². The second kappa shape index (κ2) is 6.01. The van der Waals surface area contributed by atoms with E-state index in [1.165, 1.54) is 32.4 Å². The summed E-state index contributed by atoms with van der Waals surface area (Å²) in [4.78, 5) is 3.18. The molecule has 1 aliphatic heterocycles. The summed E-state index contributed by atoms with van der Waals surface area (Å²) in [6.45, 7) is 9.35. The van der Waals surface area contributed by atoms with E-state index < -0.39 is 0 Å². The fourth-order valence-corrected chi connectivity index (χ4v) is 4.12. The highest BCUT2D eigenvalue weighted by Gasteiger charge is 2.27. The molecule has 2 rings (SSSR count). The SMILES string of the molecule is CCc1ccc(C2CCNCC2CC(C)C)s1. The number of hydrogen-bond acceptors (Lipinski definition) is 2. The highest BCUT2D eigenvalue weighted by molar-refractivity contribution is 7.12. The van der Waals surface area contributed by atoms with Crippen molar-refractivity contribution < 1.29 is 0 Å². The van der Waals surface area contributed by atoms with Gasteiger partial charge < -0.3 is 5.32 Å². The van der Waals surface area contributed by atoms with E-state index in [0.717, 1.165) is 17.8 Å². The van der Waals surface area contributed by atoms with E-state index in [9.17, 15) is 0 Å². The zero-order chi connectivity index (χ0) is 12.3. The molecule has 1 aliphatic rings. The minimum Gasteiger partial charge on any atom is -0.316 e. The first-order chi connectivity index (χ1) is 8.20. The molecule has 2 heterocycles. The summed E-state index contributed by atoms with van der Waals surface area (Å²) in [7, 11) is 0. The zero-order valence-electron chi connectivity index (χ0n) is 11.3. The van der Waals surface area contributed by atoms with Crippen molar-refractivity contribution in [3.05, 3.63) is 21.9 Å². The Morgan fingerprint density at radius 1 is 1.41 bits per heavy atom. The lowest BCUT2D eigenvalue weighted by molar-refractivity contribution is 0.283. The maximum Gasteiger partial charge on any atom is 0.00828 e. The van der Waals surface area contributed by atoms with Gasteiger partial charge in [0.2, 0.25) is 0 Å². The zero-order valence-corrected chi connectivity index (χ0v) is 12.1. The van der Waals surface area contributed by atoms with Crippen LogP contribution in [0.5, 0.6) is 0 Å². The molecular formula is C15H25NS. The van der Waals surface area contributed by atoms with Crippen molar-refractivity contribution in [2.24, 2.45) is 11.8 Å². The maximum atomic E-state index is 3.57. The van der Waals surface area contributed by atoms with Gasteiger partial charge in [-0.3, -0.25) is 0 Å². The molecule has 0 bridgehead atoms. The first-order valence-corrected chi connectivity index (χ1v) is 7.81. The summed E-state index contributed by atoms with van der Waals surface area (Å²) in [5, 5.41) is 3.57. The predicted octanol–water partition coefficient (Wildman–Crippen LogP) is 4.05. The Labute approximate surface area is 110 Å². The molecule has 1 nitrogen and oxygen atoms in total. The third kappa shape index (κ3) is 3.32. The lowest BCUT2D eigenvalue weighted by atomic mass is 9.80. The van der Waals surface area contributed by atoms with E-state index in [1.807, 2.05) is 11.3 Å². The molecule has 0 radical (unpaired) electrons. The van der Waals surface area contributed by atoms with Crippen molar-refractivity contribution >= 4 is 11.3 Å². The fourth-order valence-electron chi connectivity index (χ4n) is 2.93. The molecule has 96 valence electrons. The van der Waals surface area contributed by atoms with Crippen molar-refractivity contribution in [2.45, 2.75) is 46.0 Å². The summed E-state index contributed by atoms with van der Waals surface area (Å²) < 4.78 is 0. The number of hydrogen-bond donors (Lipinski definition) is 1. The molecule has 1 aromatic heterocycles. The Morgan fingerprint density at radius 3 is 2.88 bits per heavy atom. The van der Waals surface area contributed by atoms with Crippen LogP contribution in [0.4, 0.5) is 0 Å². The summed E-state index contributed by atoms with van der Waals surface area (Å²) in [5.74, 6) is 2.46. The van der Waals surface area contributed by atoms with Gasteiger partial charge >= 0.3 is 0 Å².